The van der Waals surface area contributed by atoms with Gasteiger partial charge in [0.15, 0.2) is 5.41 Å². The minimum absolute atomic E-state index is 0.185. The molecule has 1 aliphatic heterocycles. The Morgan fingerprint density at radius 1 is 0.816 bits per heavy atom. The molecular formula is C31H25ClN4O2. The van der Waals surface area contributed by atoms with E-state index in [-0.39, 0.29) is 6.61 Å². The van der Waals surface area contributed by atoms with E-state index in [2.05, 4.69) is 0 Å². The summed E-state index contributed by atoms with van der Waals surface area (Å²) in [6.45, 7) is 1.96. The number of para-hydroxylation sites is 1. The Balaban J connectivity index is 1.81. The van der Waals surface area contributed by atoms with Crippen molar-refractivity contribution in [2.24, 2.45) is 20.6 Å². The number of anilines is 1. The van der Waals surface area contributed by atoms with Gasteiger partial charge in [-0.2, -0.15) is 15.3 Å². The first-order valence-corrected chi connectivity index (χ1v) is 12.6. The zero-order chi connectivity index (χ0) is 26.4. The Bertz CT molecular complexity index is 1430. The van der Waals surface area contributed by atoms with Crippen LogP contribution < -0.4 is 5.12 Å². The largest absolute Gasteiger partial charge is 0.465 e. The lowest BCUT2D eigenvalue weighted by atomic mass is 9.73. The van der Waals surface area contributed by atoms with E-state index in [1.807, 2.05) is 103 Å². The molecule has 0 atom stereocenters. The third kappa shape index (κ3) is 4.99. The maximum atomic E-state index is 14.1. The van der Waals surface area contributed by atoms with Crippen LogP contribution in [0, 0.1) is 5.41 Å². The standard InChI is InChI=1S/C31H25ClN4O2/c1-2-38-30(37)31(22-33-26-16-10-5-11-17-26)28(23-12-6-3-7-13-23)34-36(27-20-18-25(32)19-21-27)35-29(31)24-14-8-4-9-15-24/h3-22H,2H2,1H3. The molecule has 7 heteroatoms. The summed E-state index contributed by atoms with van der Waals surface area (Å²) in [4.78, 5) is 18.8. The van der Waals surface area contributed by atoms with E-state index < -0.39 is 11.4 Å². The normalized spacial score (nSPS) is 14.6. The lowest BCUT2D eigenvalue weighted by Crippen LogP contribution is -2.53. The second kappa shape index (κ2) is 11.2. The summed E-state index contributed by atoms with van der Waals surface area (Å²) in [5.41, 5.74) is 2.21. The third-order valence-electron chi connectivity index (χ3n) is 6.05. The van der Waals surface area contributed by atoms with Gasteiger partial charge in [-0.3, -0.25) is 9.79 Å². The first-order valence-electron chi connectivity index (χ1n) is 12.2. The van der Waals surface area contributed by atoms with Crippen LogP contribution in [0.5, 0.6) is 0 Å². The number of ether oxygens (including phenoxy) is 1. The number of aliphatic imine (C=N–C) groups is 1. The van der Waals surface area contributed by atoms with E-state index in [1.165, 1.54) is 5.12 Å². The van der Waals surface area contributed by atoms with Gasteiger partial charge >= 0.3 is 5.97 Å². The molecule has 0 saturated carbocycles. The smallest absolute Gasteiger partial charge is 0.330 e. The summed E-state index contributed by atoms with van der Waals surface area (Å²) in [6, 6.07) is 35.8. The molecule has 0 bridgehead atoms. The number of esters is 1. The Morgan fingerprint density at radius 2 is 1.32 bits per heavy atom. The van der Waals surface area contributed by atoms with Gasteiger partial charge in [0.05, 0.1) is 29.4 Å². The number of hydrogen-bond donors (Lipinski definition) is 0. The molecule has 5 rings (SSSR count). The summed E-state index contributed by atoms with van der Waals surface area (Å²) in [5.74, 6) is -0.513. The third-order valence-corrected chi connectivity index (χ3v) is 6.30. The summed E-state index contributed by atoms with van der Waals surface area (Å²) in [7, 11) is 0. The fraction of sp³-hybridized carbons (Fsp3) is 0.0968. The van der Waals surface area contributed by atoms with E-state index in [0.717, 1.165) is 11.1 Å². The molecule has 0 aliphatic carbocycles. The molecule has 0 aromatic heterocycles. The van der Waals surface area contributed by atoms with Gasteiger partial charge < -0.3 is 4.74 Å². The monoisotopic (exact) mass is 520 g/mol. The Hall–Kier alpha value is -4.55. The number of rotatable bonds is 7. The lowest BCUT2D eigenvalue weighted by Gasteiger charge is -2.36. The molecule has 0 unspecified atom stereocenters. The number of carbonyl (C=O) groups is 1. The first kappa shape index (κ1) is 25.1. The van der Waals surface area contributed by atoms with Gasteiger partial charge in [0, 0.05) is 11.2 Å². The number of benzene rings is 4. The van der Waals surface area contributed by atoms with Gasteiger partial charge in [0.25, 0.3) is 0 Å². The van der Waals surface area contributed by atoms with Gasteiger partial charge in [-0.25, -0.2) is 0 Å². The molecule has 38 heavy (non-hydrogen) atoms. The zero-order valence-electron chi connectivity index (χ0n) is 20.7. The van der Waals surface area contributed by atoms with Crippen molar-refractivity contribution in [3.63, 3.8) is 0 Å². The van der Waals surface area contributed by atoms with Gasteiger partial charge in [-0.05, 0) is 54.4 Å². The predicted molar refractivity (Wildman–Crippen MR) is 154 cm³/mol. The van der Waals surface area contributed by atoms with Crippen LogP contribution in [0.1, 0.15) is 18.1 Å². The topological polar surface area (TPSA) is 66.6 Å². The minimum atomic E-state index is -1.53. The van der Waals surface area contributed by atoms with E-state index in [0.29, 0.717) is 27.8 Å². The van der Waals surface area contributed by atoms with E-state index in [1.54, 1.807) is 25.3 Å². The quantitative estimate of drug-likeness (QED) is 0.196. The van der Waals surface area contributed by atoms with Crippen LogP contribution in [0.2, 0.25) is 5.02 Å². The van der Waals surface area contributed by atoms with Gasteiger partial charge in [0.2, 0.25) is 0 Å². The van der Waals surface area contributed by atoms with Crippen LogP contribution in [0.25, 0.3) is 0 Å². The maximum absolute atomic E-state index is 14.1. The van der Waals surface area contributed by atoms with Crippen molar-refractivity contribution in [1.29, 1.82) is 0 Å². The number of nitrogens with zero attached hydrogens (tertiary/aromatic N) is 4. The Kier molecular flexibility index (Phi) is 7.43. The summed E-state index contributed by atoms with van der Waals surface area (Å²) >= 11 is 6.15. The summed E-state index contributed by atoms with van der Waals surface area (Å²) in [6.07, 6.45) is 1.61. The molecule has 4 aromatic carbocycles. The Labute approximate surface area is 226 Å². The summed E-state index contributed by atoms with van der Waals surface area (Å²) in [5, 5.41) is 12.0. The molecule has 0 spiro atoms. The average molecular weight is 521 g/mol. The molecule has 1 aliphatic rings. The number of carbonyl (C=O) groups excluding carboxylic acids is 1. The first-order chi connectivity index (χ1) is 18.6. The molecule has 0 N–H and O–H groups in total. The average Bonchev–Trinajstić information content (AvgIpc) is 2.97. The highest BCUT2D eigenvalue weighted by Gasteiger charge is 2.52. The fourth-order valence-corrected chi connectivity index (χ4v) is 4.36. The van der Waals surface area contributed by atoms with E-state index in [9.17, 15) is 4.79 Å². The van der Waals surface area contributed by atoms with Crippen LogP contribution in [0.15, 0.2) is 130 Å². The second-order valence-corrected chi connectivity index (χ2v) is 8.95. The van der Waals surface area contributed by atoms with Crippen LogP contribution in [-0.2, 0) is 9.53 Å². The molecule has 188 valence electrons. The number of hydrazone groups is 2. The second-order valence-electron chi connectivity index (χ2n) is 8.52. The maximum Gasteiger partial charge on any atom is 0.330 e. The van der Waals surface area contributed by atoms with Gasteiger partial charge in [-0.15, -0.1) is 0 Å². The van der Waals surface area contributed by atoms with Crippen molar-refractivity contribution < 1.29 is 9.53 Å². The highest BCUT2D eigenvalue weighted by Crippen LogP contribution is 2.36. The van der Waals surface area contributed by atoms with Crippen LogP contribution in [0.3, 0.4) is 0 Å². The molecule has 0 radical (unpaired) electrons. The van der Waals surface area contributed by atoms with E-state index in [4.69, 9.17) is 31.5 Å². The molecule has 6 nitrogen and oxygen atoms in total. The summed E-state index contributed by atoms with van der Waals surface area (Å²) < 4.78 is 5.71. The molecule has 0 amide bonds. The van der Waals surface area contributed by atoms with Crippen LogP contribution in [-0.4, -0.2) is 30.2 Å². The number of halogens is 1. The van der Waals surface area contributed by atoms with E-state index >= 15 is 0 Å². The van der Waals surface area contributed by atoms with Crippen LogP contribution >= 0.6 is 11.6 Å². The molecular weight excluding hydrogens is 496 g/mol. The van der Waals surface area contributed by atoms with Crippen molar-refractivity contribution >= 4 is 46.6 Å². The lowest BCUT2D eigenvalue weighted by molar-refractivity contribution is -0.145. The van der Waals surface area contributed by atoms with Crippen molar-refractivity contribution in [2.45, 2.75) is 6.92 Å². The number of hydrogen-bond acceptors (Lipinski definition) is 6. The Morgan fingerprint density at radius 3 is 1.82 bits per heavy atom. The van der Waals surface area contributed by atoms with Crippen molar-refractivity contribution in [3.8, 4) is 0 Å². The van der Waals surface area contributed by atoms with Gasteiger partial charge in [-0.1, -0.05) is 90.5 Å². The predicted octanol–water partition coefficient (Wildman–Crippen LogP) is 6.92. The zero-order valence-corrected chi connectivity index (χ0v) is 21.5. The van der Waals surface area contributed by atoms with Gasteiger partial charge in [0.1, 0.15) is 0 Å². The highest BCUT2D eigenvalue weighted by atomic mass is 35.5. The minimum Gasteiger partial charge on any atom is -0.465 e. The molecule has 4 aromatic rings. The van der Waals surface area contributed by atoms with Crippen molar-refractivity contribution in [1.82, 2.24) is 0 Å². The van der Waals surface area contributed by atoms with Crippen molar-refractivity contribution in [2.75, 3.05) is 11.7 Å². The SMILES string of the molecule is CCOC(=O)C1(C=Nc2ccccc2)C(c2ccccc2)=NN(c2ccc(Cl)cc2)N=C1c1ccccc1. The fourth-order valence-electron chi connectivity index (χ4n) is 4.23. The van der Waals surface area contributed by atoms with Crippen molar-refractivity contribution in [3.05, 3.63) is 131 Å². The van der Waals surface area contributed by atoms with Crippen LogP contribution in [0.4, 0.5) is 11.4 Å². The molecule has 1 heterocycles. The molecule has 0 fully saturated rings. The molecule has 0 saturated heterocycles. The highest BCUT2D eigenvalue weighted by molar-refractivity contribution is 6.43.